The first-order valence-electron chi connectivity index (χ1n) is 6.82. The number of terminal acetylenes is 1. The lowest BCUT2D eigenvalue weighted by Crippen LogP contribution is -2.44. The number of hydrogen-bond acceptors (Lipinski definition) is 6. The van der Waals surface area contributed by atoms with Gasteiger partial charge < -0.3 is 20.9 Å². The minimum Gasteiger partial charge on any atom is -0.382 e. The summed E-state index contributed by atoms with van der Waals surface area (Å²) in [7, 11) is 2.09. The molecule has 0 saturated carbocycles. The molecule has 0 aromatic carbocycles. The molecule has 0 atom stereocenters. The summed E-state index contributed by atoms with van der Waals surface area (Å²) in [5.41, 5.74) is 5.18. The van der Waals surface area contributed by atoms with E-state index >= 15 is 0 Å². The maximum Gasteiger partial charge on any atom is 0.266 e. The summed E-state index contributed by atoms with van der Waals surface area (Å²) in [5, 5.41) is 3.57. The number of nitrogens with zero attached hydrogens (tertiary/aromatic N) is 3. The van der Waals surface area contributed by atoms with Gasteiger partial charge in [-0.1, -0.05) is 17.3 Å². The van der Waals surface area contributed by atoms with Gasteiger partial charge in [0, 0.05) is 26.2 Å². The molecule has 0 radical (unpaired) electrons. The average molecular weight is 307 g/mol. The van der Waals surface area contributed by atoms with E-state index in [9.17, 15) is 4.79 Å². The molecule has 1 aromatic heterocycles. The number of rotatable bonds is 3. The van der Waals surface area contributed by atoms with Crippen molar-refractivity contribution < 1.29 is 4.79 Å². The van der Waals surface area contributed by atoms with Crippen LogP contribution in [-0.2, 0) is 0 Å². The second-order valence-corrected chi connectivity index (χ2v) is 6.70. The summed E-state index contributed by atoms with van der Waals surface area (Å²) >= 11 is 1.32. The van der Waals surface area contributed by atoms with Crippen LogP contribution in [0.15, 0.2) is 0 Å². The first kappa shape index (κ1) is 15.6. The van der Waals surface area contributed by atoms with Crippen molar-refractivity contribution in [3.8, 4) is 12.3 Å². The Kier molecular flexibility index (Phi) is 4.40. The standard InChI is InChI=1S/C14H21N5OS/c1-5-14(2,3)17-12(20)10-11(15)16-13(21-10)19-8-6-18(4)7-9-19/h1H,6-9,15H2,2-4H3,(H,17,20). The van der Waals surface area contributed by atoms with Crippen LogP contribution in [-0.4, -0.2) is 54.6 Å². The molecule has 0 aliphatic carbocycles. The van der Waals surface area contributed by atoms with Gasteiger partial charge in [-0.05, 0) is 20.9 Å². The van der Waals surface area contributed by atoms with Crippen LogP contribution >= 0.6 is 11.3 Å². The molecule has 1 aliphatic rings. The molecule has 2 heterocycles. The maximum atomic E-state index is 12.2. The lowest BCUT2D eigenvalue weighted by atomic mass is 10.1. The number of amides is 1. The van der Waals surface area contributed by atoms with Crippen molar-refractivity contribution in [1.82, 2.24) is 15.2 Å². The molecule has 1 fully saturated rings. The van der Waals surface area contributed by atoms with Gasteiger partial charge >= 0.3 is 0 Å². The summed E-state index contributed by atoms with van der Waals surface area (Å²) in [6.45, 7) is 7.27. The molecule has 2 rings (SSSR count). The van der Waals surface area contributed by atoms with E-state index in [-0.39, 0.29) is 11.7 Å². The first-order valence-corrected chi connectivity index (χ1v) is 7.64. The molecule has 0 bridgehead atoms. The lowest BCUT2D eigenvalue weighted by molar-refractivity contribution is 0.0934. The number of thiazole rings is 1. The monoisotopic (exact) mass is 307 g/mol. The number of anilines is 2. The summed E-state index contributed by atoms with van der Waals surface area (Å²) in [6, 6.07) is 0. The summed E-state index contributed by atoms with van der Waals surface area (Å²) in [4.78, 5) is 21.4. The Labute approximate surface area is 129 Å². The summed E-state index contributed by atoms with van der Waals surface area (Å²) in [6.07, 6.45) is 5.38. The van der Waals surface area contributed by atoms with Crippen LogP contribution < -0.4 is 16.0 Å². The van der Waals surface area contributed by atoms with Crippen LogP contribution in [0.1, 0.15) is 23.5 Å². The number of aromatic nitrogens is 1. The molecule has 0 unspecified atom stereocenters. The first-order chi connectivity index (χ1) is 9.82. The molecular formula is C14H21N5OS. The van der Waals surface area contributed by atoms with Gasteiger partial charge in [0.05, 0.1) is 5.54 Å². The molecule has 114 valence electrons. The van der Waals surface area contributed by atoms with Gasteiger partial charge in [-0.15, -0.1) is 6.42 Å². The number of hydrogen-bond donors (Lipinski definition) is 2. The van der Waals surface area contributed by atoms with Crippen molar-refractivity contribution in [3.63, 3.8) is 0 Å². The van der Waals surface area contributed by atoms with Gasteiger partial charge in [-0.3, -0.25) is 4.79 Å². The minimum atomic E-state index is -0.707. The molecule has 21 heavy (non-hydrogen) atoms. The number of nitrogen functional groups attached to an aromatic ring is 1. The third-order valence-corrected chi connectivity index (χ3v) is 4.54. The van der Waals surface area contributed by atoms with Crippen LogP contribution in [0, 0.1) is 12.3 Å². The topological polar surface area (TPSA) is 74.5 Å². The van der Waals surface area contributed by atoms with E-state index in [1.54, 1.807) is 13.8 Å². The normalized spacial score (nSPS) is 16.6. The number of likely N-dealkylation sites (N-methyl/N-ethyl adjacent to an activating group) is 1. The maximum absolute atomic E-state index is 12.2. The van der Waals surface area contributed by atoms with Crippen molar-refractivity contribution in [2.45, 2.75) is 19.4 Å². The van der Waals surface area contributed by atoms with Gasteiger partial charge in [0.1, 0.15) is 10.7 Å². The predicted molar refractivity (Wildman–Crippen MR) is 86.6 cm³/mol. The SMILES string of the molecule is C#CC(C)(C)NC(=O)c1sc(N2CCN(C)CC2)nc1N. The highest BCUT2D eigenvalue weighted by atomic mass is 32.1. The quantitative estimate of drug-likeness (QED) is 0.801. The van der Waals surface area contributed by atoms with E-state index in [4.69, 9.17) is 12.2 Å². The largest absolute Gasteiger partial charge is 0.382 e. The molecule has 7 heteroatoms. The Hall–Kier alpha value is -1.78. The molecule has 1 aliphatic heterocycles. The van der Waals surface area contributed by atoms with Gasteiger partial charge in [-0.25, -0.2) is 4.98 Å². The number of carbonyl (C=O) groups is 1. The van der Waals surface area contributed by atoms with E-state index in [2.05, 4.69) is 33.1 Å². The fraction of sp³-hybridized carbons (Fsp3) is 0.571. The average Bonchev–Trinajstić information content (AvgIpc) is 2.81. The zero-order valence-electron chi connectivity index (χ0n) is 12.6. The fourth-order valence-electron chi connectivity index (χ4n) is 1.99. The van der Waals surface area contributed by atoms with Crippen molar-refractivity contribution >= 4 is 28.2 Å². The van der Waals surface area contributed by atoms with Gasteiger partial charge in [0.25, 0.3) is 5.91 Å². The van der Waals surface area contributed by atoms with Crippen molar-refractivity contribution in [3.05, 3.63) is 4.88 Å². The van der Waals surface area contributed by atoms with Crippen LogP contribution in [0.5, 0.6) is 0 Å². The van der Waals surface area contributed by atoms with Crippen molar-refractivity contribution in [1.29, 1.82) is 0 Å². The Morgan fingerprint density at radius 1 is 1.43 bits per heavy atom. The van der Waals surface area contributed by atoms with E-state index < -0.39 is 5.54 Å². The van der Waals surface area contributed by atoms with Crippen molar-refractivity contribution in [2.24, 2.45) is 0 Å². The lowest BCUT2D eigenvalue weighted by Gasteiger charge is -2.32. The van der Waals surface area contributed by atoms with E-state index in [1.165, 1.54) is 11.3 Å². The number of nitrogens with two attached hydrogens (primary N) is 1. The van der Waals surface area contributed by atoms with Gasteiger partial charge in [0.2, 0.25) is 0 Å². The van der Waals surface area contributed by atoms with Gasteiger partial charge in [-0.2, -0.15) is 0 Å². The smallest absolute Gasteiger partial charge is 0.266 e. The highest BCUT2D eigenvalue weighted by Gasteiger charge is 2.25. The molecule has 1 aromatic rings. The molecule has 3 N–H and O–H groups in total. The Morgan fingerprint density at radius 2 is 2.05 bits per heavy atom. The van der Waals surface area contributed by atoms with Gasteiger partial charge in [0.15, 0.2) is 5.13 Å². The molecule has 0 spiro atoms. The van der Waals surface area contributed by atoms with Crippen LogP contribution in [0.3, 0.4) is 0 Å². The summed E-state index contributed by atoms with van der Waals surface area (Å²) in [5.74, 6) is 2.53. The zero-order chi connectivity index (χ0) is 15.6. The Balaban J connectivity index is 2.12. The van der Waals surface area contributed by atoms with E-state index in [1.807, 2.05) is 0 Å². The minimum absolute atomic E-state index is 0.263. The third kappa shape index (κ3) is 3.65. The second-order valence-electron chi connectivity index (χ2n) is 5.72. The zero-order valence-corrected chi connectivity index (χ0v) is 13.5. The van der Waals surface area contributed by atoms with E-state index in [0.717, 1.165) is 31.3 Å². The molecular weight excluding hydrogens is 286 g/mol. The second kappa shape index (κ2) is 5.92. The van der Waals surface area contributed by atoms with Crippen LogP contribution in [0.2, 0.25) is 0 Å². The number of piperazine rings is 1. The molecule has 1 saturated heterocycles. The highest BCUT2D eigenvalue weighted by molar-refractivity contribution is 7.18. The third-order valence-electron chi connectivity index (χ3n) is 3.41. The Morgan fingerprint density at radius 3 is 2.62 bits per heavy atom. The van der Waals surface area contributed by atoms with E-state index in [0.29, 0.717) is 4.88 Å². The van der Waals surface area contributed by atoms with Crippen LogP contribution in [0.25, 0.3) is 0 Å². The Bertz CT molecular complexity index is 566. The number of nitrogens with one attached hydrogen (secondary N) is 1. The van der Waals surface area contributed by atoms with Crippen molar-refractivity contribution in [2.75, 3.05) is 43.9 Å². The summed E-state index contributed by atoms with van der Waals surface area (Å²) < 4.78 is 0. The molecule has 1 amide bonds. The van der Waals surface area contributed by atoms with Crippen LogP contribution in [0.4, 0.5) is 10.9 Å². The highest BCUT2D eigenvalue weighted by Crippen LogP contribution is 2.29. The molecule has 6 nitrogen and oxygen atoms in total. The fourth-order valence-corrected chi connectivity index (χ4v) is 2.92. The predicted octanol–water partition coefficient (Wildman–Crippen LogP) is 0.619. The number of carbonyl (C=O) groups excluding carboxylic acids is 1.